The highest BCUT2D eigenvalue weighted by atomic mass is 16.4. The molecule has 54 valence electrons. The van der Waals surface area contributed by atoms with Crippen LogP contribution in [0.4, 0.5) is 10.6 Å². The van der Waals surface area contributed by atoms with Gasteiger partial charge in [-0.05, 0) is 0 Å². The molecule has 1 rings (SSSR count). The van der Waals surface area contributed by atoms with Crippen LogP contribution in [0.5, 0.6) is 0 Å². The van der Waals surface area contributed by atoms with Crippen LogP contribution in [-0.4, -0.2) is 21.4 Å². The summed E-state index contributed by atoms with van der Waals surface area (Å²) in [6.07, 6.45) is 0.362. The van der Waals surface area contributed by atoms with Gasteiger partial charge in [0, 0.05) is 6.07 Å². The number of anilines is 1. The van der Waals surface area contributed by atoms with Crippen LogP contribution < -0.4 is 10.9 Å². The van der Waals surface area contributed by atoms with E-state index in [4.69, 9.17) is 5.11 Å². The van der Waals surface area contributed by atoms with Crippen molar-refractivity contribution in [1.29, 1.82) is 0 Å². The van der Waals surface area contributed by atoms with Crippen molar-refractivity contribution >= 4 is 11.9 Å². The van der Waals surface area contributed by atoms with Crippen LogP contribution in [0.25, 0.3) is 0 Å². The quantitative estimate of drug-likeness (QED) is 0.437. The molecule has 1 heterocycles. The van der Waals surface area contributed by atoms with E-state index in [0.717, 1.165) is 0 Å². The standard InChI is InChI=1S/C4H6N4O2/c9-4(10)8-7-3-1-2-5-6-3/h1-2,8H,(H,9,10)(H2,5,6,7). The third kappa shape index (κ3) is 1.66. The van der Waals surface area contributed by atoms with Crippen molar-refractivity contribution in [2.45, 2.75) is 0 Å². The van der Waals surface area contributed by atoms with Gasteiger partial charge in [0.05, 0.1) is 6.20 Å². The molecule has 1 aromatic heterocycles. The Kier molecular flexibility index (Phi) is 1.74. The van der Waals surface area contributed by atoms with Crippen molar-refractivity contribution in [2.24, 2.45) is 0 Å². The van der Waals surface area contributed by atoms with E-state index < -0.39 is 6.09 Å². The first kappa shape index (κ1) is 6.40. The summed E-state index contributed by atoms with van der Waals surface area (Å²) in [6, 6.07) is 1.59. The number of aromatic amines is 1. The Balaban J connectivity index is 2.35. The monoisotopic (exact) mass is 142 g/mol. The summed E-state index contributed by atoms with van der Waals surface area (Å²) in [5, 5.41) is 14.2. The molecule has 0 bridgehead atoms. The Bertz CT molecular complexity index is 207. The zero-order chi connectivity index (χ0) is 7.40. The fraction of sp³-hybridized carbons (Fsp3) is 0. The van der Waals surface area contributed by atoms with Gasteiger partial charge < -0.3 is 5.11 Å². The van der Waals surface area contributed by atoms with Gasteiger partial charge in [0.2, 0.25) is 0 Å². The third-order valence-corrected chi connectivity index (χ3v) is 0.805. The maximum Gasteiger partial charge on any atom is 0.423 e. The number of H-pyrrole nitrogens is 1. The van der Waals surface area contributed by atoms with Crippen LogP contribution in [0.2, 0.25) is 0 Å². The number of hydrogen-bond acceptors (Lipinski definition) is 3. The van der Waals surface area contributed by atoms with Gasteiger partial charge in [-0.2, -0.15) is 5.10 Å². The molecular formula is C4H6N4O2. The average Bonchev–Trinajstić information content (AvgIpc) is 2.34. The summed E-state index contributed by atoms with van der Waals surface area (Å²) in [5.41, 5.74) is 4.30. The summed E-state index contributed by atoms with van der Waals surface area (Å²) in [4.78, 5) is 9.89. The van der Waals surface area contributed by atoms with Crippen LogP contribution in [0.1, 0.15) is 0 Å². The predicted molar refractivity (Wildman–Crippen MR) is 33.4 cm³/mol. The van der Waals surface area contributed by atoms with E-state index in [1.807, 2.05) is 5.43 Å². The first-order chi connectivity index (χ1) is 4.79. The fourth-order valence-corrected chi connectivity index (χ4v) is 0.446. The minimum Gasteiger partial charge on any atom is -0.464 e. The molecule has 0 unspecified atom stereocenters. The minimum atomic E-state index is -1.14. The molecule has 0 aliphatic rings. The number of hydrogen-bond donors (Lipinski definition) is 4. The van der Waals surface area contributed by atoms with E-state index in [2.05, 4.69) is 15.6 Å². The lowest BCUT2D eigenvalue weighted by molar-refractivity contribution is 0.197. The second-order valence-electron chi connectivity index (χ2n) is 1.53. The highest BCUT2D eigenvalue weighted by Gasteiger charge is 1.92. The molecule has 1 aromatic rings. The van der Waals surface area contributed by atoms with Crippen molar-refractivity contribution in [3.05, 3.63) is 12.3 Å². The van der Waals surface area contributed by atoms with E-state index in [9.17, 15) is 4.79 Å². The summed E-state index contributed by atoms with van der Waals surface area (Å²) < 4.78 is 0. The number of carbonyl (C=O) groups is 1. The summed E-state index contributed by atoms with van der Waals surface area (Å²) in [7, 11) is 0. The molecule has 0 spiro atoms. The molecule has 0 radical (unpaired) electrons. The maximum atomic E-state index is 9.89. The Morgan fingerprint density at radius 1 is 1.80 bits per heavy atom. The number of nitrogens with zero attached hydrogens (tertiary/aromatic N) is 1. The van der Waals surface area contributed by atoms with Gasteiger partial charge in [0.15, 0.2) is 0 Å². The number of aromatic nitrogens is 2. The van der Waals surface area contributed by atoms with Crippen LogP contribution in [-0.2, 0) is 0 Å². The molecule has 6 nitrogen and oxygen atoms in total. The largest absolute Gasteiger partial charge is 0.464 e. The molecule has 6 heteroatoms. The first-order valence-electron chi connectivity index (χ1n) is 2.53. The van der Waals surface area contributed by atoms with Crippen molar-refractivity contribution in [2.75, 3.05) is 5.43 Å². The Morgan fingerprint density at radius 3 is 3.10 bits per heavy atom. The Labute approximate surface area is 56.2 Å². The number of amides is 1. The molecule has 0 aromatic carbocycles. The minimum absolute atomic E-state index is 0.502. The number of carboxylic acid groups (broad SMARTS) is 1. The molecule has 0 aliphatic heterocycles. The first-order valence-corrected chi connectivity index (χ1v) is 2.53. The SMILES string of the molecule is O=C(O)NNc1ccn[nH]1. The van der Waals surface area contributed by atoms with Crippen molar-refractivity contribution in [3.8, 4) is 0 Å². The lowest BCUT2D eigenvalue weighted by Gasteiger charge is -1.99. The van der Waals surface area contributed by atoms with E-state index in [1.54, 1.807) is 6.07 Å². The van der Waals surface area contributed by atoms with Gasteiger partial charge in [-0.1, -0.05) is 0 Å². The topological polar surface area (TPSA) is 90.0 Å². The Morgan fingerprint density at radius 2 is 2.60 bits per heavy atom. The molecule has 10 heavy (non-hydrogen) atoms. The lowest BCUT2D eigenvalue weighted by Crippen LogP contribution is -2.27. The molecule has 0 saturated heterocycles. The smallest absolute Gasteiger partial charge is 0.423 e. The highest BCUT2D eigenvalue weighted by Crippen LogP contribution is 1.94. The molecule has 4 N–H and O–H groups in total. The maximum absolute atomic E-state index is 9.89. The van der Waals surface area contributed by atoms with Gasteiger partial charge in [0.1, 0.15) is 5.82 Å². The number of rotatable bonds is 2. The van der Waals surface area contributed by atoms with Crippen molar-refractivity contribution in [1.82, 2.24) is 15.6 Å². The van der Waals surface area contributed by atoms with Crippen LogP contribution in [0, 0.1) is 0 Å². The van der Waals surface area contributed by atoms with E-state index >= 15 is 0 Å². The molecule has 0 atom stereocenters. The summed E-state index contributed by atoms with van der Waals surface area (Å²) >= 11 is 0. The van der Waals surface area contributed by atoms with Gasteiger partial charge >= 0.3 is 6.09 Å². The van der Waals surface area contributed by atoms with Gasteiger partial charge in [-0.15, -0.1) is 0 Å². The van der Waals surface area contributed by atoms with E-state index in [1.165, 1.54) is 6.20 Å². The van der Waals surface area contributed by atoms with E-state index in [-0.39, 0.29) is 0 Å². The van der Waals surface area contributed by atoms with Gasteiger partial charge in [-0.3, -0.25) is 10.5 Å². The number of hydrazine groups is 1. The average molecular weight is 142 g/mol. The molecule has 0 aliphatic carbocycles. The third-order valence-electron chi connectivity index (χ3n) is 0.805. The molecule has 0 fully saturated rings. The van der Waals surface area contributed by atoms with Gasteiger partial charge in [0.25, 0.3) is 0 Å². The highest BCUT2D eigenvalue weighted by molar-refractivity contribution is 5.66. The second-order valence-corrected chi connectivity index (χ2v) is 1.53. The van der Waals surface area contributed by atoms with Crippen molar-refractivity contribution < 1.29 is 9.90 Å². The lowest BCUT2D eigenvalue weighted by atomic mass is 10.7. The molecular weight excluding hydrogens is 136 g/mol. The normalized spacial score (nSPS) is 8.80. The van der Waals surface area contributed by atoms with Crippen LogP contribution in [0.3, 0.4) is 0 Å². The molecule has 0 saturated carbocycles. The number of nitrogens with one attached hydrogen (secondary N) is 3. The second kappa shape index (κ2) is 2.72. The predicted octanol–water partition coefficient (Wildman–Crippen LogP) is 0.00420. The zero-order valence-corrected chi connectivity index (χ0v) is 4.96. The van der Waals surface area contributed by atoms with Gasteiger partial charge in [-0.25, -0.2) is 10.2 Å². The van der Waals surface area contributed by atoms with Crippen molar-refractivity contribution in [3.63, 3.8) is 0 Å². The fourth-order valence-electron chi connectivity index (χ4n) is 0.446. The summed E-state index contributed by atoms with van der Waals surface area (Å²) in [6.45, 7) is 0. The molecule has 1 amide bonds. The van der Waals surface area contributed by atoms with Crippen LogP contribution >= 0.6 is 0 Å². The zero-order valence-electron chi connectivity index (χ0n) is 4.96. The summed E-state index contributed by atoms with van der Waals surface area (Å²) in [5.74, 6) is 0.502. The van der Waals surface area contributed by atoms with Crippen LogP contribution in [0.15, 0.2) is 12.3 Å². The van der Waals surface area contributed by atoms with E-state index in [0.29, 0.717) is 5.82 Å². The Hall–Kier alpha value is -1.72.